The van der Waals surface area contributed by atoms with E-state index in [1.54, 1.807) is 0 Å². The lowest BCUT2D eigenvalue weighted by atomic mass is 9.89. The van der Waals surface area contributed by atoms with Crippen LogP contribution in [0.15, 0.2) is 10.2 Å². The molecule has 0 bridgehead atoms. The fraction of sp³-hybridized carbons (Fsp3) is 0.750. The van der Waals surface area contributed by atoms with Crippen molar-refractivity contribution in [3.63, 3.8) is 0 Å². The lowest BCUT2D eigenvalue weighted by molar-refractivity contribution is 0.605. The third-order valence-corrected chi connectivity index (χ3v) is 1.93. The molecule has 0 aromatic carbocycles. The highest BCUT2D eigenvalue weighted by atomic mass is 15.2. The predicted molar refractivity (Wildman–Crippen MR) is 44.5 cm³/mol. The van der Waals surface area contributed by atoms with Gasteiger partial charge in [0, 0.05) is 17.3 Å². The number of rotatable bonds is 1. The Morgan fingerprint density at radius 3 is 1.70 bits per heavy atom. The Morgan fingerprint density at radius 2 is 1.50 bits per heavy atom. The minimum absolute atomic E-state index is 0.500. The second-order valence-corrected chi connectivity index (χ2v) is 3.20. The van der Waals surface area contributed by atoms with Crippen LogP contribution in [0.4, 0.5) is 0 Å². The molecule has 0 aromatic rings. The maximum atomic E-state index is 4.02. The van der Waals surface area contributed by atoms with E-state index >= 15 is 0 Å². The van der Waals surface area contributed by atoms with Gasteiger partial charge >= 0.3 is 0 Å². The molecule has 1 aliphatic heterocycles. The molecule has 1 rings (SSSR count). The van der Waals surface area contributed by atoms with Crippen LogP contribution in [0.3, 0.4) is 0 Å². The molecule has 0 spiro atoms. The molecule has 0 radical (unpaired) electrons. The van der Waals surface area contributed by atoms with Crippen molar-refractivity contribution >= 4 is 11.4 Å². The zero-order chi connectivity index (χ0) is 7.72. The Morgan fingerprint density at radius 1 is 1.10 bits per heavy atom. The molecule has 0 unspecified atom stereocenters. The first-order valence-electron chi connectivity index (χ1n) is 3.71. The maximum Gasteiger partial charge on any atom is 0.0465 e. The monoisotopic (exact) mass is 138 g/mol. The predicted octanol–water partition coefficient (Wildman–Crippen LogP) is 2.11. The van der Waals surface area contributed by atoms with Crippen LogP contribution >= 0.6 is 0 Å². The molecule has 0 N–H and O–H groups in total. The number of nitrogens with zero attached hydrogens (tertiary/aromatic N) is 2. The first-order valence-corrected chi connectivity index (χ1v) is 3.71. The summed E-state index contributed by atoms with van der Waals surface area (Å²) in [7, 11) is 0. The highest BCUT2D eigenvalue weighted by Crippen LogP contribution is 2.19. The van der Waals surface area contributed by atoms with E-state index in [9.17, 15) is 0 Å². The van der Waals surface area contributed by atoms with E-state index in [2.05, 4.69) is 24.1 Å². The van der Waals surface area contributed by atoms with Crippen molar-refractivity contribution in [2.75, 3.05) is 0 Å². The van der Waals surface area contributed by atoms with Gasteiger partial charge in [0.05, 0.1) is 0 Å². The molecule has 0 atom stereocenters. The van der Waals surface area contributed by atoms with Crippen molar-refractivity contribution in [2.24, 2.45) is 22.0 Å². The van der Waals surface area contributed by atoms with Gasteiger partial charge < -0.3 is 0 Å². The van der Waals surface area contributed by atoms with Crippen LogP contribution in [0.5, 0.6) is 0 Å². The second-order valence-electron chi connectivity index (χ2n) is 3.20. The van der Waals surface area contributed by atoms with E-state index in [0.29, 0.717) is 11.8 Å². The van der Waals surface area contributed by atoms with Crippen molar-refractivity contribution < 1.29 is 0 Å². The second kappa shape index (κ2) is 2.52. The molecule has 1 heterocycles. The van der Waals surface area contributed by atoms with E-state index in [4.69, 9.17) is 0 Å². The first kappa shape index (κ1) is 7.45. The normalized spacial score (nSPS) is 19.7. The van der Waals surface area contributed by atoms with E-state index in [0.717, 1.165) is 11.4 Å². The Hall–Kier alpha value is -0.660. The van der Waals surface area contributed by atoms with Crippen LogP contribution in [0, 0.1) is 11.8 Å². The summed E-state index contributed by atoms with van der Waals surface area (Å²) in [4.78, 5) is 0. The summed E-state index contributed by atoms with van der Waals surface area (Å²) in [6.07, 6.45) is 0. The molecule has 0 fully saturated rings. The minimum Gasteiger partial charge on any atom is -0.160 e. The van der Waals surface area contributed by atoms with Crippen LogP contribution in [-0.2, 0) is 0 Å². The molecule has 1 aliphatic rings. The molecule has 2 heteroatoms. The van der Waals surface area contributed by atoms with Gasteiger partial charge in [0.1, 0.15) is 0 Å². The van der Waals surface area contributed by atoms with Crippen LogP contribution in [0.25, 0.3) is 0 Å². The molecule has 0 amide bonds. The third-order valence-electron chi connectivity index (χ3n) is 1.93. The average molecular weight is 138 g/mol. The summed E-state index contributed by atoms with van der Waals surface area (Å²) in [6, 6.07) is 0. The zero-order valence-electron chi connectivity index (χ0n) is 7.05. The maximum absolute atomic E-state index is 4.02. The highest BCUT2D eigenvalue weighted by Gasteiger charge is 2.23. The van der Waals surface area contributed by atoms with Gasteiger partial charge in [-0.1, -0.05) is 13.8 Å². The van der Waals surface area contributed by atoms with E-state index in [1.165, 1.54) is 0 Å². The fourth-order valence-corrected chi connectivity index (χ4v) is 1.55. The summed E-state index contributed by atoms with van der Waals surface area (Å²) >= 11 is 0. The van der Waals surface area contributed by atoms with E-state index < -0.39 is 0 Å². The van der Waals surface area contributed by atoms with Gasteiger partial charge in [-0.3, -0.25) is 0 Å². The topological polar surface area (TPSA) is 24.7 Å². The summed E-state index contributed by atoms with van der Waals surface area (Å²) in [5.41, 5.74) is 2.32. The Balaban J connectivity index is 2.76. The molecule has 0 saturated carbocycles. The SMILES string of the molecule is CC1=NN=C(C)C1C(C)C. The Kier molecular flexibility index (Phi) is 1.88. The van der Waals surface area contributed by atoms with Crippen LogP contribution in [0.2, 0.25) is 0 Å². The van der Waals surface area contributed by atoms with Crippen molar-refractivity contribution in [3.05, 3.63) is 0 Å². The van der Waals surface area contributed by atoms with E-state index in [-0.39, 0.29) is 0 Å². The van der Waals surface area contributed by atoms with Gasteiger partial charge in [-0.15, -0.1) is 0 Å². The minimum atomic E-state index is 0.500. The summed E-state index contributed by atoms with van der Waals surface area (Å²) in [5, 5.41) is 8.05. The fourth-order valence-electron chi connectivity index (χ4n) is 1.55. The molecule has 56 valence electrons. The molecule has 0 aliphatic carbocycles. The lowest BCUT2D eigenvalue weighted by Gasteiger charge is -2.13. The lowest BCUT2D eigenvalue weighted by Crippen LogP contribution is -2.21. The third kappa shape index (κ3) is 1.11. The van der Waals surface area contributed by atoms with Crippen molar-refractivity contribution in [3.8, 4) is 0 Å². The zero-order valence-corrected chi connectivity index (χ0v) is 7.05. The largest absolute Gasteiger partial charge is 0.160 e. The molecular weight excluding hydrogens is 124 g/mol. The van der Waals surface area contributed by atoms with Crippen molar-refractivity contribution in [2.45, 2.75) is 27.7 Å². The quantitative estimate of drug-likeness (QED) is 0.530. The van der Waals surface area contributed by atoms with Gasteiger partial charge in [-0.25, -0.2) is 0 Å². The molecule has 10 heavy (non-hydrogen) atoms. The number of hydrogen-bond acceptors (Lipinski definition) is 2. The van der Waals surface area contributed by atoms with Gasteiger partial charge in [-0.2, -0.15) is 10.2 Å². The molecule has 0 saturated heterocycles. The van der Waals surface area contributed by atoms with Crippen molar-refractivity contribution in [1.29, 1.82) is 0 Å². The van der Waals surface area contributed by atoms with Gasteiger partial charge in [0.2, 0.25) is 0 Å². The molecular formula is C8H14N2. The smallest absolute Gasteiger partial charge is 0.0465 e. The summed E-state index contributed by atoms with van der Waals surface area (Å²) < 4.78 is 0. The molecule has 2 nitrogen and oxygen atoms in total. The average Bonchev–Trinajstić information content (AvgIpc) is 2.11. The van der Waals surface area contributed by atoms with E-state index in [1.807, 2.05) is 13.8 Å². The van der Waals surface area contributed by atoms with Crippen LogP contribution < -0.4 is 0 Å². The van der Waals surface area contributed by atoms with Gasteiger partial charge in [0.15, 0.2) is 0 Å². The van der Waals surface area contributed by atoms with Crippen LogP contribution in [0.1, 0.15) is 27.7 Å². The van der Waals surface area contributed by atoms with Gasteiger partial charge in [-0.05, 0) is 19.8 Å². The standard InChI is InChI=1S/C8H14N2/c1-5(2)8-6(3)9-10-7(8)4/h5,8H,1-4H3. The van der Waals surface area contributed by atoms with Gasteiger partial charge in [0.25, 0.3) is 0 Å². The first-order chi connectivity index (χ1) is 4.63. The summed E-state index contributed by atoms with van der Waals surface area (Å²) in [6.45, 7) is 8.50. The van der Waals surface area contributed by atoms with Crippen LogP contribution in [-0.4, -0.2) is 11.4 Å². The Bertz CT molecular complexity index is 171. The molecule has 0 aromatic heterocycles. The number of hydrogen-bond donors (Lipinski definition) is 0. The van der Waals surface area contributed by atoms with Crippen molar-refractivity contribution in [1.82, 2.24) is 0 Å². The summed E-state index contributed by atoms with van der Waals surface area (Å²) in [5.74, 6) is 1.13. The highest BCUT2D eigenvalue weighted by molar-refractivity contribution is 6.08. The Labute approximate surface area is 62.0 Å².